The number of aliphatic hydroxyl groups excluding tert-OH is 5. The first-order valence-electron chi connectivity index (χ1n) is 24.7. The third kappa shape index (κ3) is 30.0. The van der Waals surface area contributed by atoms with Crippen LogP contribution in [0.5, 0.6) is 0 Å². The summed E-state index contributed by atoms with van der Waals surface area (Å²) in [6.45, 7) is 3.86. The van der Waals surface area contributed by atoms with E-state index in [9.17, 15) is 30.3 Å². The molecule has 0 aromatic rings. The van der Waals surface area contributed by atoms with Crippen LogP contribution in [0.25, 0.3) is 0 Å². The Morgan fingerprint density at radius 1 is 0.526 bits per heavy atom. The summed E-state index contributed by atoms with van der Waals surface area (Å²) in [4.78, 5) is 13.0. The van der Waals surface area contributed by atoms with E-state index in [1.165, 1.54) is 180 Å². The lowest BCUT2D eigenvalue weighted by Gasteiger charge is -2.40. The van der Waals surface area contributed by atoms with Crippen molar-refractivity contribution in [2.24, 2.45) is 0 Å². The molecular weight excluding hydrogens is 719 g/mol. The molecule has 0 unspecified atom stereocenters. The lowest BCUT2D eigenvalue weighted by Crippen LogP contribution is -2.60. The molecule has 9 nitrogen and oxygen atoms in total. The summed E-state index contributed by atoms with van der Waals surface area (Å²) in [5.41, 5.74) is 0. The average Bonchev–Trinajstić information content (AvgIpc) is 3.21. The first kappa shape index (κ1) is 54.2. The Balaban J connectivity index is 2.27. The number of unbranched alkanes of at least 4 members (excludes halogenated alkanes) is 32. The lowest BCUT2D eigenvalue weighted by atomic mass is 9.99. The fraction of sp³-hybridized carbons (Fsp3) is 0.979. The van der Waals surface area contributed by atoms with Crippen molar-refractivity contribution in [2.45, 2.75) is 288 Å². The van der Waals surface area contributed by atoms with Gasteiger partial charge in [0.05, 0.1) is 25.4 Å². The minimum atomic E-state index is -1.55. The summed E-state index contributed by atoms with van der Waals surface area (Å²) in [6, 6.07) is -0.711. The highest BCUT2D eigenvalue weighted by Crippen LogP contribution is 2.23. The third-order valence-electron chi connectivity index (χ3n) is 12.2. The molecule has 1 saturated heterocycles. The van der Waals surface area contributed by atoms with Gasteiger partial charge in [-0.1, -0.05) is 226 Å². The molecule has 1 fully saturated rings. The van der Waals surface area contributed by atoms with Gasteiger partial charge in [-0.15, -0.1) is 0 Å². The number of amides is 1. The molecule has 6 N–H and O–H groups in total. The molecule has 1 aliphatic heterocycles. The Kier molecular flexibility index (Phi) is 37.4. The second-order valence-electron chi connectivity index (χ2n) is 17.6. The van der Waals surface area contributed by atoms with Crippen molar-refractivity contribution in [1.29, 1.82) is 0 Å². The number of rotatable bonds is 42. The van der Waals surface area contributed by atoms with E-state index < -0.39 is 49.5 Å². The second kappa shape index (κ2) is 39.3. The van der Waals surface area contributed by atoms with Crippen LogP contribution in [-0.4, -0.2) is 87.5 Å². The first-order valence-corrected chi connectivity index (χ1v) is 24.7. The van der Waals surface area contributed by atoms with Crippen molar-refractivity contribution in [2.75, 3.05) is 13.2 Å². The van der Waals surface area contributed by atoms with E-state index in [-0.39, 0.29) is 12.5 Å². The van der Waals surface area contributed by atoms with Crippen LogP contribution < -0.4 is 5.32 Å². The Hall–Kier alpha value is -0.810. The average molecular weight is 814 g/mol. The van der Waals surface area contributed by atoms with Crippen LogP contribution in [0.4, 0.5) is 0 Å². The standard InChI is InChI=1S/C48H95NO8/c1-3-5-7-9-11-13-15-17-19-20-21-22-24-26-28-30-32-34-36-38-44(52)49-41(40-56-48-47(55)46(54)45(53)43(39-50)57-48)42(51)37-35-33-31-29-27-25-23-18-16-14-12-10-8-6-4-2/h41-43,45-48,50-51,53-55H,3-40H2,1-2H3,(H,49,52)/t41-,42+,43+,45+,46-,47+,48+/m0/s1. The zero-order chi connectivity index (χ0) is 41.6. The highest BCUT2D eigenvalue weighted by Gasteiger charge is 2.44. The van der Waals surface area contributed by atoms with Crippen LogP contribution in [0.15, 0.2) is 0 Å². The van der Waals surface area contributed by atoms with Crippen molar-refractivity contribution < 1.29 is 39.8 Å². The van der Waals surface area contributed by atoms with E-state index >= 15 is 0 Å². The third-order valence-corrected chi connectivity index (χ3v) is 12.2. The van der Waals surface area contributed by atoms with E-state index in [4.69, 9.17) is 9.47 Å². The molecule has 0 saturated carbocycles. The molecule has 9 heteroatoms. The Morgan fingerprint density at radius 2 is 0.877 bits per heavy atom. The van der Waals surface area contributed by atoms with Gasteiger partial charge in [-0.3, -0.25) is 4.79 Å². The predicted octanol–water partition coefficient (Wildman–Crippen LogP) is 10.7. The topological polar surface area (TPSA) is 149 Å². The number of hydrogen-bond donors (Lipinski definition) is 6. The van der Waals surface area contributed by atoms with Gasteiger partial charge in [0.25, 0.3) is 0 Å². The summed E-state index contributed by atoms with van der Waals surface area (Å²) in [7, 11) is 0. The molecule has 0 aromatic carbocycles. The van der Waals surface area contributed by atoms with E-state index in [1.54, 1.807) is 0 Å². The smallest absolute Gasteiger partial charge is 0.220 e. The number of ether oxygens (including phenoxy) is 2. The van der Waals surface area contributed by atoms with E-state index in [0.29, 0.717) is 12.8 Å². The SMILES string of the molecule is CCCCCCCCCCCCCCCCCCCCCC(=O)N[C@@H](CO[C@@H]1O[C@H](CO)[C@@H](O)[C@H](O)[C@H]1O)[C@H](O)CCCCCCCCCCCCCCCCC. The molecule has 7 atom stereocenters. The maximum Gasteiger partial charge on any atom is 0.220 e. The number of hydrogen-bond acceptors (Lipinski definition) is 8. The molecule has 340 valence electrons. The highest BCUT2D eigenvalue weighted by molar-refractivity contribution is 5.76. The minimum absolute atomic E-state index is 0.131. The van der Waals surface area contributed by atoms with E-state index in [0.717, 1.165) is 38.5 Å². The van der Waals surface area contributed by atoms with Gasteiger partial charge in [-0.2, -0.15) is 0 Å². The Labute approximate surface area is 351 Å². The van der Waals surface area contributed by atoms with Crippen LogP contribution in [0.2, 0.25) is 0 Å². The molecule has 1 rings (SSSR count). The van der Waals surface area contributed by atoms with Gasteiger partial charge < -0.3 is 40.3 Å². The number of aliphatic hydroxyl groups is 5. The molecule has 0 aliphatic carbocycles. The predicted molar refractivity (Wildman–Crippen MR) is 235 cm³/mol. The first-order chi connectivity index (χ1) is 27.8. The van der Waals surface area contributed by atoms with Crippen LogP contribution in [-0.2, 0) is 14.3 Å². The number of nitrogens with one attached hydrogen (secondary N) is 1. The molecule has 57 heavy (non-hydrogen) atoms. The molecule has 0 spiro atoms. The largest absolute Gasteiger partial charge is 0.394 e. The fourth-order valence-electron chi connectivity index (χ4n) is 8.22. The zero-order valence-corrected chi connectivity index (χ0v) is 37.4. The van der Waals surface area contributed by atoms with Gasteiger partial charge >= 0.3 is 0 Å². The lowest BCUT2D eigenvalue weighted by molar-refractivity contribution is -0.302. The van der Waals surface area contributed by atoms with Crippen LogP contribution in [0.1, 0.15) is 245 Å². The quantitative estimate of drug-likeness (QED) is 0.0334. The summed E-state index contributed by atoms with van der Waals surface area (Å²) >= 11 is 0. The normalized spacial score (nSPS) is 20.9. The van der Waals surface area contributed by atoms with Gasteiger partial charge in [0.2, 0.25) is 5.91 Å². The van der Waals surface area contributed by atoms with E-state index in [2.05, 4.69) is 19.2 Å². The van der Waals surface area contributed by atoms with Crippen LogP contribution in [0, 0.1) is 0 Å². The molecule has 0 bridgehead atoms. The number of carbonyl (C=O) groups is 1. The summed E-state index contributed by atoms with van der Waals surface area (Å²) in [6.07, 6.45) is 36.8. The zero-order valence-electron chi connectivity index (χ0n) is 37.4. The monoisotopic (exact) mass is 814 g/mol. The van der Waals surface area contributed by atoms with Crippen molar-refractivity contribution in [1.82, 2.24) is 5.32 Å². The molecular formula is C48H95NO8. The summed E-state index contributed by atoms with van der Waals surface area (Å²) < 4.78 is 11.3. The molecule has 0 radical (unpaired) electrons. The number of carbonyl (C=O) groups excluding carboxylic acids is 1. The van der Waals surface area contributed by atoms with Gasteiger partial charge in [0, 0.05) is 6.42 Å². The fourth-order valence-corrected chi connectivity index (χ4v) is 8.22. The molecule has 0 aromatic heterocycles. The highest BCUT2D eigenvalue weighted by atomic mass is 16.7. The summed E-state index contributed by atoms with van der Waals surface area (Å²) in [5.74, 6) is -0.139. The van der Waals surface area contributed by atoms with Crippen LogP contribution >= 0.6 is 0 Å². The molecule has 1 amide bonds. The molecule has 1 heterocycles. The van der Waals surface area contributed by atoms with Gasteiger partial charge in [-0.05, 0) is 12.8 Å². The van der Waals surface area contributed by atoms with Crippen molar-refractivity contribution in [3.05, 3.63) is 0 Å². The van der Waals surface area contributed by atoms with Gasteiger partial charge in [-0.25, -0.2) is 0 Å². The minimum Gasteiger partial charge on any atom is -0.394 e. The van der Waals surface area contributed by atoms with Gasteiger partial charge in [0.1, 0.15) is 24.4 Å². The Bertz CT molecular complexity index is 862. The van der Waals surface area contributed by atoms with Crippen molar-refractivity contribution in [3.8, 4) is 0 Å². The maximum atomic E-state index is 13.0. The maximum absolute atomic E-state index is 13.0. The molecule has 1 aliphatic rings. The van der Waals surface area contributed by atoms with Crippen LogP contribution in [0.3, 0.4) is 0 Å². The van der Waals surface area contributed by atoms with Crippen molar-refractivity contribution in [3.63, 3.8) is 0 Å². The Morgan fingerprint density at radius 3 is 1.25 bits per heavy atom. The van der Waals surface area contributed by atoms with Gasteiger partial charge in [0.15, 0.2) is 6.29 Å². The summed E-state index contributed by atoms with van der Waals surface area (Å²) in [5, 5.41) is 54.4. The van der Waals surface area contributed by atoms with Crippen molar-refractivity contribution >= 4 is 5.91 Å². The van der Waals surface area contributed by atoms with E-state index in [1.807, 2.05) is 0 Å². The second-order valence-corrected chi connectivity index (χ2v) is 17.6.